The van der Waals surface area contributed by atoms with E-state index in [0.29, 0.717) is 6.42 Å². The largest absolute Gasteiger partial charge is 0.205 e. The average Bonchev–Trinajstić information content (AvgIpc) is 2.24. The van der Waals surface area contributed by atoms with Crippen LogP contribution in [0.5, 0.6) is 0 Å². The van der Waals surface area contributed by atoms with Crippen molar-refractivity contribution in [1.29, 1.82) is 0 Å². The molecule has 0 aliphatic heterocycles. The lowest BCUT2D eigenvalue weighted by atomic mass is 9.89. The second-order valence-corrected chi connectivity index (χ2v) is 4.40. The molecule has 1 aromatic carbocycles. The Balaban J connectivity index is 2.30. The topological polar surface area (TPSA) is 0 Å². The smallest absolute Gasteiger partial charge is 0.145 e. The molecule has 0 atom stereocenters. The van der Waals surface area contributed by atoms with E-state index >= 15 is 0 Å². The van der Waals surface area contributed by atoms with Crippen molar-refractivity contribution in [3.05, 3.63) is 45.7 Å². The van der Waals surface area contributed by atoms with Crippen LogP contribution in [0.1, 0.15) is 30.9 Å². The van der Waals surface area contributed by atoms with Crippen LogP contribution >= 0.6 is 11.6 Å². The number of hydrogen-bond donors (Lipinski definition) is 0. The molecule has 0 saturated carbocycles. The van der Waals surface area contributed by atoms with Crippen LogP contribution in [0.25, 0.3) is 0 Å². The summed E-state index contributed by atoms with van der Waals surface area (Å²) in [6.07, 6.45) is 5.99. The van der Waals surface area contributed by atoms with E-state index in [0.717, 1.165) is 30.4 Å². The van der Waals surface area contributed by atoms with Crippen molar-refractivity contribution >= 4 is 11.6 Å². The number of allylic oxidation sites excluding steroid dienone is 2. The van der Waals surface area contributed by atoms with Gasteiger partial charge < -0.3 is 0 Å². The second-order valence-electron chi connectivity index (χ2n) is 3.99. The van der Waals surface area contributed by atoms with Crippen molar-refractivity contribution in [3.8, 4) is 0 Å². The summed E-state index contributed by atoms with van der Waals surface area (Å²) >= 11 is 5.75. The Morgan fingerprint density at radius 2 is 2.20 bits per heavy atom. The SMILES string of the molecule is CCCC1=CCc2c(ccc(Cl)c2F)C1. The summed E-state index contributed by atoms with van der Waals surface area (Å²) in [5, 5.41) is 0.237. The summed E-state index contributed by atoms with van der Waals surface area (Å²) in [5.74, 6) is -0.235. The van der Waals surface area contributed by atoms with Crippen molar-refractivity contribution in [2.75, 3.05) is 0 Å². The second kappa shape index (κ2) is 4.36. The van der Waals surface area contributed by atoms with Gasteiger partial charge in [-0.25, -0.2) is 4.39 Å². The van der Waals surface area contributed by atoms with E-state index in [-0.39, 0.29) is 10.8 Å². The lowest BCUT2D eigenvalue weighted by molar-refractivity contribution is 0.609. The van der Waals surface area contributed by atoms with Gasteiger partial charge in [0.05, 0.1) is 5.02 Å². The molecule has 2 rings (SSSR count). The standard InChI is InChI=1S/C13H14ClF/c1-2-3-9-4-6-11-10(8-9)5-7-12(14)13(11)15/h4-5,7H,2-3,6,8H2,1H3. The molecule has 0 spiro atoms. The van der Waals surface area contributed by atoms with Gasteiger partial charge >= 0.3 is 0 Å². The Morgan fingerprint density at radius 3 is 2.93 bits per heavy atom. The Bertz CT molecular complexity index is 407. The van der Waals surface area contributed by atoms with Gasteiger partial charge in [-0.15, -0.1) is 0 Å². The Morgan fingerprint density at radius 1 is 1.40 bits per heavy atom. The van der Waals surface area contributed by atoms with E-state index in [1.165, 1.54) is 5.57 Å². The third kappa shape index (κ3) is 2.07. The van der Waals surface area contributed by atoms with Crippen LogP contribution in [-0.2, 0) is 12.8 Å². The zero-order chi connectivity index (χ0) is 10.8. The van der Waals surface area contributed by atoms with Crippen molar-refractivity contribution in [3.63, 3.8) is 0 Å². The normalized spacial score (nSPS) is 14.7. The predicted octanol–water partition coefficient (Wildman–Crippen LogP) is 4.30. The zero-order valence-corrected chi connectivity index (χ0v) is 9.57. The van der Waals surface area contributed by atoms with Crippen LogP contribution in [-0.4, -0.2) is 0 Å². The lowest BCUT2D eigenvalue weighted by Crippen LogP contribution is -2.05. The summed E-state index contributed by atoms with van der Waals surface area (Å²) in [4.78, 5) is 0. The molecule has 0 heterocycles. The highest BCUT2D eigenvalue weighted by Crippen LogP contribution is 2.29. The lowest BCUT2D eigenvalue weighted by Gasteiger charge is -2.17. The van der Waals surface area contributed by atoms with E-state index < -0.39 is 0 Å². The summed E-state index contributed by atoms with van der Waals surface area (Å²) in [6, 6.07) is 3.61. The number of hydrogen-bond acceptors (Lipinski definition) is 0. The van der Waals surface area contributed by atoms with Crippen molar-refractivity contribution in [2.24, 2.45) is 0 Å². The Hall–Kier alpha value is -0.820. The zero-order valence-electron chi connectivity index (χ0n) is 8.82. The first-order valence-corrected chi connectivity index (χ1v) is 5.73. The third-order valence-electron chi connectivity index (χ3n) is 2.88. The van der Waals surface area contributed by atoms with Crippen molar-refractivity contribution < 1.29 is 4.39 Å². The van der Waals surface area contributed by atoms with E-state index in [9.17, 15) is 4.39 Å². The van der Waals surface area contributed by atoms with Gasteiger partial charge in [-0.2, -0.15) is 0 Å². The number of benzene rings is 1. The van der Waals surface area contributed by atoms with Crippen LogP contribution < -0.4 is 0 Å². The molecule has 2 heteroatoms. The monoisotopic (exact) mass is 224 g/mol. The molecule has 0 N–H and O–H groups in total. The molecule has 0 unspecified atom stereocenters. The van der Waals surface area contributed by atoms with Gasteiger partial charge in [0, 0.05) is 0 Å². The minimum absolute atomic E-state index is 0.235. The molecule has 15 heavy (non-hydrogen) atoms. The summed E-state index contributed by atoms with van der Waals surface area (Å²) in [7, 11) is 0. The molecule has 1 aliphatic rings. The molecule has 0 nitrogen and oxygen atoms in total. The molecule has 0 bridgehead atoms. The maximum Gasteiger partial charge on any atom is 0.145 e. The molecule has 0 saturated heterocycles. The van der Waals surface area contributed by atoms with E-state index in [1.54, 1.807) is 6.07 Å². The molecule has 0 fully saturated rings. The fourth-order valence-corrected chi connectivity index (χ4v) is 2.27. The summed E-state index contributed by atoms with van der Waals surface area (Å²) < 4.78 is 13.6. The van der Waals surface area contributed by atoms with Gasteiger partial charge in [0.1, 0.15) is 5.82 Å². The van der Waals surface area contributed by atoms with Crippen LogP contribution in [0, 0.1) is 5.82 Å². The Kier molecular flexibility index (Phi) is 3.11. The van der Waals surface area contributed by atoms with E-state index in [2.05, 4.69) is 13.0 Å². The first-order chi connectivity index (χ1) is 7.22. The maximum absolute atomic E-state index is 13.6. The van der Waals surface area contributed by atoms with Crippen molar-refractivity contribution in [1.82, 2.24) is 0 Å². The highest BCUT2D eigenvalue weighted by atomic mass is 35.5. The molecule has 0 aromatic heterocycles. The first kappa shape index (κ1) is 10.7. The molecule has 0 radical (unpaired) electrons. The first-order valence-electron chi connectivity index (χ1n) is 5.36. The molecular formula is C13H14ClF. The van der Waals surface area contributed by atoms with Gasteiger partial charge in [0.15, 0.2) is 0 Å². The summed E-state index contributed by atoms with van der Waals surface area (Å²) in [6.45, 7) is 2.17. The molecule has 0 amide bonds. The third-order valence-corrected chi connectivity index (χ3v) is 3.17. The van der Waals surface area contributed by atoms with Crippen molar-refractivity contribution in [2.45, 2.75) is 32.6 Å². The molecular weight excluding hydrogens is 211 g/mol. The van der Waals surface area contributed by atoms with Gasteiger partial charge in [-0.05, 0) is 36.5 Å². The maximum atomic E-state index is 13.6. The van der Waals surface area contributed by atoms with Crippen LogP contribution in [0.15, 0.2) is 23.8 Å². The average molecular weight is 225 g/mol. The van der Waals surface area contributed by atoms with Gasteiger partial charge in [0.2, 0.25) is 0 Å². The van der Waals surface area contributed by atoms with Crippen LogP contribution in [0.3, 0.4) is 0 Å². The quantitative estimate of drug-likeness (QED) is 0.657. The highest BCUT2D eigenvalue weighted by Gasteiger charge is 2.16. The molecule has 1 aliphatic carbocycles. The fourth-order valence-electron chi connectivity index (χ4n) is 2.09. The van der Waals surface area contributed by atoms with Crippen LogP contribution in [0.2, 0.25) is 5.02 Å². The minimum atomic E-state index is -0.235. The molecule has 1 aromatic rings. The minimum Gasteiger partial charge on any atom is -0.205 e. The van der Waals surface area contributed by atoms with Gasteiger partial charge in [-0.3, -0.25) is 0 Å². The van der Waals surface area contributed by atoms with Crippen LogP contribution in [0.4, 0.5) is 4.39 Å². The Labute approximate surface area is 94.8 Å². The number of fused-ring (bicyclic) bond motifs is 1. The predicted molar refractivity (Wildman–Crippen MR) is 61.8 cm³/mol. The number of halogens is 2. The fraction of sp³-hybridized carbons (Fsp3) is 0.385. The summed E-state index contributed by atoms with van der Waals surface area (Å²) in [5.41, 5.74) is 3.30. The van der Waals surface area contributed by atoms with E-state index in [1.807, 2.05) is 6.07 Å². The highest BCUT2D eigenvalue weighted by molar-refractivity contribution is 6.30. The van der Waals surface area contributed by atoms with E-state index in [4.69, 9.17) is 11.6 Å². The van der Waals surface area contributed by atoms with Gasteiger partial charge in [0.25, 0.3) is 0 Å². The molecule has 80 valence electrons. The number of rotatable bonds is 2. The van der Waals surface area contributed by atoms with Gasteiger partial charge in [-0.1, -0.05) is 42.7 Å².